The number of hydrogen-bond donors (Lipinski definition) is 0. The fourth-order valence-corrected chi connectivity index (χ4v) is 4.28. The standard InChI is InChI=1S/C22H22N2/c1-13-10-11-16-19-18(13)14-8-6-7-9-15(14)20-23-12-17(24(19)20)22(4,5)21(16,2)3/h6-12H,1-5H3/i4D3,12D. The van der Waals surface area contributed by atoms with Crippen LogP contribution in [0.3, 0.4) is 0 Å². The van der Waals surface area contributed by atoms with Crippen LogP contribution in [-0.2, 0) is 10.8 Å². The third-order valence-corrected chi connectivity index (χ3v) is 6.15. The van der Waals surface area contributed by atoms with Crippen LogP contribution in [0.25, 0.3) is 27.3 Å². The maximum absolute atomic E-state index is 8.66. The van der Waals surface area contributed by atoms with Crippen LogP contribution in [0.1, 0.15) is 49.9 Å². The summed E-state index contributed by atoms with van der Waals surface area (Å²) in [5.41, 5.74) is 2.33. The number of imidazole rings is 1. The van der Waals surface area contributed by atoms with Crippen LogP contribution in [-0.4, -0.2) is 9.38 Å². The molecule has 2 aromatic carbocycles. The SMILES string of the molecule is [2H]c1nc2c3ccccc3c3c(C)ccc4c3n2c1C(C)(C([2H])([2H])[2H])C4(C)C. The number of benzene rings is 2. The molecule has 0 spiro atoms. The second-order valence-electron chi connectivity index (χ2n) is 7.68. The molecule has 0 N–H and O–H groups in total. The second kappa shape index (κ2) is 4.00. The fourth-order valence-electron chi connectivity index (χ4n) is 4.28. The maximum Gasteiger partial charge on any atom is 0.145 e. The summed E-state index contributed by atoms with van der Waals surface area (Å²) >= 11 is 0. The molecule has 1 unspecified atom stereocenters. The van der Waals surface area contributed by atoms with Gasteiger partial charge in [-0.25, -0.2) is 4.98 Å². The molecule has 0 fully saturated rings. The van der Waals surface area contributed by atoms with Crippen molar-refractivity contribution in [3.8, 4) is 0 Å². The van der Waals surface area contributed by atoms with E-state index in [-0.39, 0.29) is 6.17 Å². The Bertz CT molecular complexity index is 1310. The molecule has 0 bridgehead atoms. The molecule has 1 aliphatic rings. The Morgan fingerprint density at radius 1 is 1.04 bits per heavy atom. The number of aromatic nitrogens is 2. The first-order valence-corrected chi connectivity index (χ1v) is 8.36. The molecule has 120 valence electrons. The molecule has 2 heteroatoms. The van der Waals surface area contributed by atoms with E-state index in [0.717, 1.165) is 32.8 Å². The lowest BCUT2D eigenvalue weighted by Gasteiger charge is -2.46. The molecule has 0 aliphatic carbocycles. The molecule has 0 saturated heterocycles. The van der Waals surface area contributed by atoms with Crippen LogP contribution in [0.2, 0.25) is 0 Å². The number of fused-ring (bicyclic) bond motifs is 3. The summed E-state index contributed by atoms with van der Waals surface area (Å²) in [4.78, 5) is 4.58. The normalized spacial score (nSPS) is 25.0. The van der Waals surface area contributed by atoms with Crippen molar-refractivity contribution in [2.45, 2.75) is 45.4 Å². The van der Waals surface area contributed by atoms with E-state index in [2.05, 4.69) is 30.1 Å². The highest BCUT2D eigenvalue weighted by molar-refractivity contribution is 6.14. The predicted octanol–water partition coefficient (Wildman–Crippen LogP) is 5.52. The molecule has 2 nitrogen and oxygen atoms in total. The lowest BCUT2D eigenvalue weighted by atomic mass is 9.60. The van der Waals surface area contributed by atoms with Gasteiger partial charge in [0.05, 0.1) is 6.89 Å². The van der Waals surface area contributed by atoms with Crippen molar-refractivity contribution in [1.29, 1.82) is 0 Å². The monoisotopic (exact) mass is 318 g/mol. The summed E-state index contributed by atoms with van der Waals surface area (Å²) in [5, 5.41) is 3.15. The van der Waals surface area contributed by atoms with Crippen LogP contribution in [0.5, 0.6) is 0 Å². The van der Waals surface area contributed by atoms with Crippen molar-refractivity contribution in [2.75, 3.05) is 0 Å². The van der Waals surface area contributed by atoms with Gasteiger partial charge in [-0.1, -0.05) is 64.0 Å². The van der Waals surface area contributed by atoms with Gasteiger partial charge < -0.3 is 0 Å². The van der Waals surface area contributed by atoms with Gasteiger partial charge in [0.25, 0.3) is 0 Å². The Kier molecular flexibility index (Phi) is 1.75. The highest BCUT2D eigenvalue weighted by Crippen LogP contribution is 2.51. The first-order valence-electron chi connectivity index (χ1n) is 10.4. The van der Waals surface area contributed by atoms with E-state index in [4.69, 9.17) is 5.48 Å². The topological polar surface area (TPSA) is 17.3 Å². The molecule has 3 heterocycles. The van der Waals surface area contributed by atoms with E-state index in [9.17, 15) is 0 Å². The number of pyridine rings is 1. The van der Waals surface area contributed by atoms with Gasteiger partial charge in [-0.05, 0) is 23.4 Å². The molecule has 1 aliphatic heterocycles. The Hall–Kier alpha value is -2.35. The van der Waals surface area contributed by atoms with Crippen LogP contribution < -0.4 is 0 Å². The minimum absolute atomic E-state index is 0.0523. The van der Waals surface area contributed by atoms with E-state index in [0.29, 0.717) is 11.3 Å². The van der Waals surface area contributed by atoms with Gasteiger partial charge in [0.2, 0.25) is 0 Å². The highest BCUT2D eigenvalue weighted by Gasteiger charge is 2.46. The predicted molar refractivity (Wildman–Crippen MR) is 101 cm³/mol. The molecular weight excluding hydrogens is 292 g/mol. The minimum atomic E-state index is -2.29. The Morgan fingerprint density at radius 2 is 1.79 bits per heavy atom. The van der Waals surface area contributed by atoms with Gasteiger partial charge in [-0.15, -0.1) is 0 Å². The molecule has 24 heavy (non-hydrogen) atoms. The van der Waals surface area contributed by atoms with E-state index < -0.39 is 17.7 Å². The van der Waals surface area contributed by atoms with Crippen molar-refractivity contribution in [2.24, 2.45) is 0 Å². The molecule has 0 radical (unpaired) electrons. The number of hydrogen-bond acceptors (Lipinski definition) is 1. The highest BCUT2D eigenvalue weighted by atomic mass is 15.0. The molecule has 5 rings (SSSR count). The molecular formula is C22H22N2. The summed E-state index contributed by atoms with van der Waals surface area (Å²) in [7, 11) is 0. The number of rotatable bonds is 0. The number of aryl methyl sites for hydroxylation is 1. The molecule has 4 aromatic rings. The quantitative estimate of drug-likeness (QED) is 0.390. The minimum Gasteiger partial charge on any atom is -0.295 e. The first-order chi connectivity index (χ1) is 13.0. The summed E-state index contributed by atoms with van der Waals surface area (Å²) in [6.45, 7) is 5.54. The van der Waals surface area contributed by atoms with Gasteiger partial charge >= 0.3 is 0 Å². The van der Waals surface area contributed by atoms with Crippen molar-refractivity contribution in [1.82, 2.24) is 9.38 Å². The summed E-state index contributed by atoms with van der Waals surface area (Å²) in [5.74, 6) is 0. The second-order valence-corrected chi connectivity index (χ2v) is 7.68. The molecule has 0 amide bonds. The third kappa shape index (κ3) is 1.33. The lowest BCUT2D eigenvalue weighted by Crippen LogP contribution is -2.44. The Balaban J connectivity index is 2.21. The molecule has 1 atom stereocenters. The summed E-state index contributed by atoms with van der Waals surface area (Å²) in [6.07, 6.45) is 0.0523. The largest absolute Gasteiger partial charge is 0.295 e. The maximum atomic E-state index is 8.66. The first kappa shape index (κ1) is 10.5. The van der Waals surface area contributed by atoms with Crippen molar-refractivity contribution in [3.05, 3.63) is 59.4 Å². The van der Waals surface area contributed by atoms with Gasteiger partial charge in [-0.2, -0.15) is 0 Å². The molecule has 0 saturated carbocycles. The molecule has 2 aromatic heterocycles. The van der Waals surface area contributed by atoms with Gasteiger partial charge in [-0.3, -0.25) is 4.40 Å². The summed E-state index contributed by atoms with van der Waals surface area (Å²) < 4.78 is 35.9. The zero-order valence-electron chi connectivity index (χ0n) is 18.4. The summed E-state index contributed by atoms with van der Waals surface area (Å²) in [6, 6.07) is 12.2. The van der Waals surface area contributed by atoms with Gasteiger partial charge in [0, 0.05) is 37.6 Å². The zero-order valence-corrected chi connectivity index (χ0v) is 14.4. The Morgan fingerprint density at radius 3 is 2.54 bits per heavy atom. The van der Waals surface area contributed by atoms with E-state index >= 15 is 0 Å². The number of nitrogens with zero attached hydrogens (tertiary/aromatic N) is 2. The van der Waals surface area contributed by atoms with Gasteiger partial charge in [0.1, 0.15) is 5.65 Å². The average Bonchev–Trinajstić information content (AvgIpc) is 2.96. The smallest absolute Gasteiger partial charge is 0.145 e. The Labute approximate surface area is 147 Å². The van der Waals surface area contributed by atoms with Crippen molar-refractivity contribution >= 4 is 27.3 Å². The van der Waals surface area contributed by atoms with Crippen LogP contribution in [0.4, 0.5) is 0 Å². The van der Waals surface area contributed by atoms with Crippen molar-refractivity contribution < 1.29 is 5.48 Å². The van der Waals surface area contributed by atoms with Crippen molar-refractivity contribution in [3.63, 3.8) is 0 Å². The average molecular weight is 318 g/mol. The fraction of sp³-hybridized carbons (Fsp3) is 0.318. The van der Waals surface area contributed by atoms with Crippen LogP contribution in [0.15, 0.2) is 42.6 Å². The van der Waals surface area contributed by atoms with E-state index in [1.165, 1.54) is 0 Å². The zero-order chi connectivity index (χ0) is 20.2. The van der Waals surface area contributed by atoms with E-state index in [1.54, 1.807) is 6.92 Å². The van der Waals surface area contributed by atoms with Crippen LogP contribution >= 0.6 is 0 Å². The van der Waals surface area contributed by atoms with Gasteiger partial charge in [0.15, 0.2) is 0 Å². The lowest BCUT2D eigenvalue weighted by molar-refractivity contribution is 0.288. The van der Waals surface area contributed by atoms with Crippen LogP contribution in [0, 0.1) is 6.92 Å². The third-order valence-electron chi connectivity index (χ3n) is 6.15. The van der Waals surface area contributed by atoms with E-state index in [1.807, 2.05) is 36.4 Å².